The Labute approximate surface area is 151 Å². The molecule has 1 N–H and O–H groups in total. The molecule has 0 saturated carbocycles. The Kier molecular flexibility index (Phi) is 6.65. The van der Waals surface area contributed by atoms with E-state index in [4.69, 9.17) is 25.8 Å². The molecule has 0 bridgehead atoms. The van der Waals surface area contributed by atoms with E-state index >= 15 is 0 Å². The first kappa shape index (κ1) is 18.6. The minimum Gasteiger partial charge on any atom is -0.497 e. The van der Waals surface area contributed by atoms with E-state index in [2.05, 4.69) is 10.5 Å². The predicted molar refractivity (Wildman–Crippen MR) is 97.2 cm³/mol. The summed E-state index contributed by atoms with van der Waals surface area (Å²) < 4.78 is 15.8. The van der Waals surface area contributed by atoms with Crippen molar-refractivity contribution in [2.24, 2.45) is 5.10 Å². The van der Waals surface area contributed by atoms with Crippen LogP contribution in [0.25, 0.3) is 0 Å². The smallest absolute Gasteiger partial charge is 0.271 e. The Morgan fingerprint density at radius 1 is 1.20 bits per heavy atom. The summed E-state index contributed by atoms with van der Waals surface area (Å²) in [5.74, 6) is 1.32. The third-order valence-electron chi connectivity index (χ3n) is 3.27. The van der Waals surface area contributed by atoms with E-state index in [9.17, 15) is 4.79 Å². The number of hydrogen-bond donors (Lipinski definition) is 1. The summed E-state index contributed by atoms with van der Waals surface area (Å²) >= 11 is 6.19. The molecule has 7 heteroatoms. The van der Waals surface area contributed by atoms with Gasteiger partial charge in [0.25, 0.3) is 5.91 Å². The maximum atomic E-state index is 12.0. The van der Waals surface area contributed by atoms with Crippen molar-refractivity contribution in [3.63, 3.8) is 0 Å². The number of nitrogens with zero attached hydrogens (tertiary/aromatic N) is 1. The standard InChI is InChI=1S/C18H19ClN2O4/c1-4-25-17-15(19)9-12(10-16(17)24-3)11-20-21-18(22)13-5-7-14(23-2)8-6-13/h5-11H,4H2,1-3H3,(H,21,22). The van der Waals surface area contributed by atoms with Crippen molar-refractivity contribution in [3.05, 3.63) is 52.5 Å². The van der Waals surface area contributed by atoms with Gasteiger partial charge in [-0.2, -0.15) is 5.10 Å². The summed E-state index contributed by atoms with van der Waals surface area (Å²) in [4.78, 5) is 12.0. The van der Waals surface area contributed by atoms with Crippen LogP contribution in [0.4, 0.5) is 0 Å². The molecule has 25 heavy (non-hydrogen) atoms. The van der Waals surface area contributed by atoms with Gasteiger partial charge in [-0.25, -0.2) is 5.43 Å². The molecule has 132 valence electrons. The van der Waals surface area contributed by atoms with Crippen molar-refractivity contribution < 1.29 is 19.0 Å². The molecular weight excluding hydrogens is 344 g/mol. The maximum Gasteiger partial charge on any atom is 0.271 e. The quantitative estimate of drug-likeness (QED) is 0.604. The van der Waals surface area contributed by atoms with E-state index in [1.165, 1.54) is 13.3 Å². The SMILES string of the molecule is CCOc1c(Cl)cc(C=NNC(=O)c2ccc(OC)cc2)cc1OC. The molecule has 0 aliphatic rings. The van der Waals surface area contributed by atoms with Gasteiger partial charge in [0, 0.05) is 5.56 Å². The lowest BCUT2D eigenvalue weighted by atomic mass is 10.2. The molecule has 2 rings (SSSR count). The summed E-state index contributed by atoms with van der Waals surface area (Å²) in [6.45, 7) is 2.33. The van der Waals surface area contributed by atoms with E-state index < -0.39 is 0 Å². The normalized spacial score (nSPS) is 10.6. The van der Waals surface area contributed by atoms with E-state index in [-0.39, 0.29) is 5.91 Å². The Bertz CT molecular complexity index is 760. The van der Waals surface area contributed by atoms with Crippen LogP contribution in [0.1, 0.15) is 22.8 Å². The Hall–Kier alpha value is -2.73. The molecule has 0 spiro atoms. The van der Waals surface area contributed by atoms with Gasteiger partial charge in [-0.15, -0.1) is 0 Å². The zero-order valence-corrected chi connectivity index (χ0v) is 15.0. The Morgan fingerprint density at radius 3 is 2.52 bits per heavy atom. The molecule has 0 unspecified atom stereocenters. The van der Waals surface area contributed by atoms with Crippen LogP contribution in [0.3, 0.4) is 0 Å². The van der Waals surface area contributed by atoms with Crippen LogP contribution in [-0.4, -0.2) is 32.9 Å². The molecule has 2 aromatic rings. The van der Waals surface area contributed by atoms with Gasteiger partial charge in [-0.1, -0.05) is 11.6 Å². The van der Waals surface area contributed by atoms with E-state index in [0.717, 1.165) is 0 Å². The van der Waals surface area contributed by atoms with E-state index in [0.29, 0.717) is 40.0 Å². The van der Waals surface area contributed by atoms with Crippen LogP contribution < -0.4 is 19.6 Å². The molecule has 0 aromatic heterocycles. The monoisotopic (exact) mass is 362 g/mol. The number of hydrazone groups is 1. The Morgan fingerprint density at radius 2 is 1.92 bits per heavy atom. The van der Waals surface area contributed by atoms with Gasteiger partial charge in [-0.05, 0) is 48.9 Å². The molecule has 0 heterocycles. The average Bonchev–Trinajstić information content (AvgIpc) is 2.63. The number of amides is 1. The van der Waals surface area contributed by atoms with Gasteiger partial charge < -0.3 is 14.2 Å². The third-order valence-corrected chi connectivity index (χ3v) is 3.55. The van der Waals surface area contributed by atoms with Crippen LogP contribution >= 0.6 is 11.6 Å². The highest BCUT2D eigenvalue weighted by Gasteiger charge is 2.11. The van der Waals surface area contributed by atoms with Crippen LogP contribution in [0, 0.1) is 0 Å². The number of methoxy groups -OCH3 is 2. The Balaban J connectivity index is 2.08. The second kappa shape index (κ2) is 8.94. The second-order valence-corrected chi connectivity index (χ2v) is 5.30. The lowest BCUT2D eigenvalue weighted by Gasteiger charge is -2.11. The van der Waals surface area contributed by atoms with Crippen molar-refractivity contribution in [1.82, 2.24) is 5.43 Å². The summed E-state index contributed by atoms with van der Waals surface area (Å²) in [6.07, 6.45) is 1.48. The first-order valence-corrected chi connectivity index (χ1v) is 7.94. The number of hydrogen-bond acceptors (Lipinski definition) is 5. The molecule has 0 fully saturated rings. The first-order chi connectivity index (χ1) is 12.1. The van der Waals surface area contributed by atoms with E-state index in [1.54, 1.807) is 43.5 Å². The molecule has 0 saturated heterocycles. The fourth-order valence-electron chi connectivity index (χ4n) is 2.07. The number of halogens is 1. The van der Waals surface area contributed by atoms with Crippen molar-refractivity contribution >= 4 is 23.7 Å². The zero-order chi connectivity index (χ0) is 18.2. The second-order valence-electron chi connectivity index (χ2n) is 4.89. The molecule has 0 radical (unpaired) electrons. The fourth-order valence-corrected chi connectivity index (χ4v) is 2.34. The van der Waals surface area contributed by atoms with Crippen LogP contribution in [0.2, 0.25) is 5.02 Å². The lowest BCUT2D eigenvalue weighted by molar-refractivity contribution is 0.0955. The number of carbonyl (C=O) groups is 1. The number of ether oxygens (including phenoxy) is 3. The van der Waals surface area contributed by atoms with Crippen molar-refractivity contribution in [2.45, 2.75) is 6.92 Å². The third kappa shape index (κ3) is 4.87. The maximum absolute atomic E-state index is 12.0. The average molecular weight is 363 g/mol. The largest absolute Gasteiger partial charge is 0.497 e. The lowest BCUT2D eigenvalue weighted by Crippen LogP contribution is -2.17. The minimum absolute atomic E-state index is 0.331. The highest BCUT2D eigenvalue weighted by molar-refractivity contribution is 6.32. The highest BCUT2D eigenvalue weighted by atomic mass is 35.5. The fraction of sp³-hybridized carbons (Fsp3) is 0.222. The number of nitrogens with one attached hydrogen (secondary N) is 1. The number of rotatable bonds is 7. The molecule has 2 aromatic carbocycles. The van der Waals surface area contributed by atoms with Gasteiger partial charge in [0.1, 0.15) is 5.75 Å². The van der Waals surface area contributed by atoms with Crippen molar-refractivity contribution in [2.75, 3.05) is 20.8 Å². The van der Waals surface area contributed by atoms with E-state index in [1.807, 2.05) is 6.92 Å². The summed E-state index contributed by atoms with van der Waals surface area (Å²) in [5.41, 5.74) is 3.60. The van der Waals surface area contributed by atoms with Gasteiger partial charge in [0.15, 0.2) is 11.5 Å². The van der Waals surface area contributed by atoms with Crippen LogP contribution in [0.5, 0.6) is 17.2 Å². The topological polar surface area (TPSA) is 69.2 Å². The molecule has 0 atom stereocenters. The highest BCUT2D eigenvalue weighted by Crippen LogP contribution is 2.35. The van der Waals surface area contributed by atoms with Gasteiger partial charge in [0.05, 0.1) is 32.1 Å². The van der Waals surface area contributed by atoms with Gasteiger partial charge in [0.2, 0.25) is 0 Å². The number of benzene rings is 2. The minimum atomic E-state index is -0.331. The molecule has 0 aliphatic carbocycles. The van der Waals surface area contributed by atoms with Crippen LogP contribution in [-0.2, 0) is 0 Å². The van der Waals surface area contributed by atoms with Crippen LogP contribution in [0.15, 0.2) is 41.5 Å². The van der Waals surface area contributed by atoms with Crippen molar-refractivity contribution in [1.29, 1.82) is 0 Å². The van der Waals surface area contributed by atoms with Gasteiger partial charge >= 0.3 is 0 Å². The molecular formula is C18H19ClN2O4. The predicted octanol–water partition coefficient (Wildman–Crippen LogP) is 3.52. The number of carbonyl (C=O) groups excluding carboxylic acids is 1. The first-order valence-electron chi connectivity index (χ1n) is 7.56. The summed E-state index contributed by atoms with van der Waals surface area (Å²) in [5, 5.41) is 4.35. The molecule has 6 nitrogen and oxygen atoms in total. The van der Waals surface area contributed by atoms with Gasteiger partial charge in [-0.3, -0.25) is 4.79 Å². The molecule has 0 aliphatic heterocycles. The van der Waals surface area contributed by atoms with Crippen molar-refractivity contribution in [3.8, 4) is 17.2 Å². The zero-order valence-electron chi connectivity index (χ0n) is 14.2. The summed E-state index contributed by atoms with van der Waals surface area (Å²) in [6, 6.07) is 10.1. The summed E-state index contributed by atoms with van der Waals surface area (Å²) in [7, 11) is 3.09. The molecule has 1 amide bonds.